The molecule has 0 unspecified atom stereocenters. The van der Waals surface area contributed by atoms with E-state index in [9.17, 15) is 18.0 Å². The number of amides is 1. The minimum atomic E-state index is -3.76. The lowest BCUT2D eigenvalue weighted by molar-refractivity contribution is -0.153. The van der Waals surface area contributed by atoms with Crippen LogP contribution in [0.4, 0.5) is 5.69 Å². The number of rotatable bonds is 8. The number of carbonyl (C=O) groups excluding carboxylic acids is 2. The number of esters is 1. The molecule has 0 spiro atoms. The molecule has 8 nitrogen and oxygen atoms in total. The zero-order chi connectivity index (χ0) is 20.0. The van der Waals surface area contributed by atoms with Crippen molar-refractivity contribution in [2.75, 3.05) is 26.0 Å². The molecule has 0 aliphatic carbocycles. The van der Waals surface area contributed by atoms with E-state index >= 15 is 0 Å². The summed E-state index contributed by atoms with van der Waals surface area (Å²) >= 11 is 1.05. The van der Waals surface area contributed by atoms with Crippen LogP contribution in [0.15, 0.2) is 46.0 Å². The normalized spacial score (nSPS) is 12.4. The van der Waals surface area contributed by atoms with Crippen LogP contribution in [0.25, 0.3) is 0 Å². The van der Waals surface area contributed by atoms with Crippen LogP contribution in [-0.4, -0.2) is 51.4 Å². The number of nitrogens with one attached hydrogen (secondary N) is 1. The topological polar surface area (TPSA) is 102 Å². The molecule has 1 heterocycles. The number of nitrogens with zero attached hydrogens (tertiary/aromatic N) is 1. The molecule has 0 bridgehead atoms. The lowest BCUT2D eigenvalue weighted by Crippen LogP contribution is -2.36. The third kappa shape index (κ3) is 5.52. The number of carbonyl (C=O) groups is 2. The monoisotopic (exact) mass is 412 g/mol. The molecule has 2 rings (SSSR count). The van der Waals surface area contributed by atoms with E-state index in [1.165, 1.54) is 27.1 Å². The predicted molar refractivity (Wildman–Crippen MR) is 101 cm³/mol. The zero-order valence-corrected chi connectivity index (χ0v) is 16.7. The quantitative estimate of drug-likeness (QED) is 0.665. The third-order valence-corrected chi connectivity index (χ3v) is 6.72. The summed E-state index contributed by atoms with van der Waals surface area (Å²) in [4.78, 5) is 24.1. The van der Waals surface area contributed by atoms with Crippen LogP contribution in [-0.2, 0) is 24.3 Å². The SMILES string of the molecule is COc1ccc(NC(=O)[C@H](C)OC(=O)CN(C)S(=O)(=O)c2cccs2)cc1. The van der Waals surface area contributed by atoms with Gasteiger partial charge in [-0.2, -0.15) is 4.31 Å². The van der Waals surface area contributed by atoms with Gasteiger partial charge in [-0.1, -0.05) is 6.07 Å². The summed E-state index contributed by atoms with van der Waals surface area (Å²) in [7, 11) is -0.955. The molecule has 2 aromatic rings. The zero-order valence-electron chi connectivity index (χ0n) is 15.0. The highest BCUT2D eigenvalue weighted by Crippen LogP contribution is 2.20. The molecule has 1 amide bonds. The van der Waals surface area contributed by atoms with Crippen molar-refractivity contribution < 1.29 is 27.5 Å². The summed E-state index contributed by atoms with van der Waals surface area (Å²) in [5, 5.41) is 4.23. The smallest absolute Gasteiger partial charge is 0.322 e. The van der Waals surface area contributed by atoms with Crippen molar-refractivity contribution in [1.29, 1.82) is 0 Å². The Morgan fingerprint density at radius 3 is 2.44 bits per heavy atom. The Balaban J connectivity index is 1.89. The fourth-order valence-electron chi connectivity index (χ4n) is 2.04. The fraction of sp³-hybridized carbons (Fsp3) is 0.294. The number of anilines is 1. The first-order valence-electron chi connectivity index (χ1n) is 7.88. The van der Waals surface area contributed by atoms with E-state index in [2.05, 4.69) is 5.32 Å². The number of likely N-dealkylation sites (N-methyl/N-ethyl adjacent to an activating group) is 1. The highest BCUT2D eigenvalue weighted by atomic mass is 32.2. The summed E-state index contributed by atoms with van der Waals surface area (Å²) in [6.45, 7) is 0.908. The first-order chi connectivity index (χ1) is 12.7. The Bertz CT molecular complexity index is 879. The molecule has 0 aliphatic heterocycles. The van der Waals surface area contributed by atoms with E-state index in [0.717, 1.165) is 15.6 Å². The number of hydrogen-bond donors (Lipinski definition) is 1. The lowest BCUT2D eigenvalue weighted by atomic mass is 10.3. The molecule has 27 heavy (non-hydrogen) atoms. The minimum absolute atomic E-state index is 0.128. The molecule has 10 heteroatoms. The van der Waals surface area contributed by atoms with Gasteiger partial charge in [-0.3, -0.25) is 9.59 Å². The molecule has 0 radical (unpaired) electrons. The lowest BCUT2D eigenvalue weighted by Gasteiger charge is -2.18. The van der Waals surface area contributed by atoms with Crippen LogP contribution < -0.4 is 10.1 Å². The van der Waals surface area contributed by atoms with Gasteiger partial charge in [-0.25, -0.2) is 8.42 Å². The average molecular weight is 412 g/mol. The van der Waals surface area contributed by atoms with Gasteiger partial charge < -0.3 is 14.8 Å². The molecule has 1 N–H and O–H groups in total. The molecule has 0 aliphatic rings. The highest BCUT2D eigenvalue weighted by Gasteiger charge is 2.26. The van der Waals surface area contributed by atoms with E-state index in [-0.39, 0.29) is 4.21 Å². The van der Waals surface area contributed by atoms with Gasteiger partial charge in [0.1, 0.15) is 16.5 Å². The number of thiophene rings is 1. The van der Waals surface area contributed by atoms with E-state index in [1.807, 2.05) is 0 Å². The van der Waals surface area contributed by atoms with Crippen LogP contribution in [0.1, 0.15) is 6.92 Å². The summed E-state index contributed by atoms with van der Waals surface area (Å²) < 4.78 is 35.6. The maximum Gasteiger partial charge on any atom is 0.322 e. The van der Waals surface area contributed by atoms with Crippen LogP contribution in [0.2, 0.25) is 0 Å². The van der Waals surface area contributed by atoms with Gasteiger partial charge in [0.25, 0.3) is 15.9 Å². The number of hydrogen-bond acceptors (Lipinski definition) is 7. The van der Waals surface area contributed by atoms with E-state index in [1.54, 1.807) is 35.7 Å². The molecule has 1 aromatic heterocycles. The van der Waals surface area contributed by atoms with Gasteiger partial charge in [-0.15, -0.1) is 11.3 Å². The number of sulfonamides is 1. The molecule has 1 aromatic carbocycles. The average Bonchev–Trinajstić information content (AvgIpc) is 3.17. The second-order valence-electron chi connectivity index (χ2n) is 5.54. The van der Waals surface area contributed by atoms with Gasteiger partial charge >= 0.3 is 5.97 Å². The Labute approximate surface area is 161 Å². The summed E-state index contributed by atoms with van der Waals surface area (Å²) in [6.07, 6.45) is -1.09. The first kappa shape index (κ1) is 20.9. The minimum Gasteiger partial charge on any atom is -0.497 e. The van der Waals surface area contributed by atoms with Crippen molar-refractivity contribution in [2.24, 2.45) is 0 Å². The predicted octanol–water partition coefficient (Wildman–Crippen LogP) is 1.95. The molecule has 0 saturated heterocycles. The van der Waals surface area contributed by atoms with Crippen molar-refractivity contribution in [3.05, 3.63) is 41.8 Å². The van der Waals surface area contributed by atoms with Gasteiger partial charge in [0.2, 0.25) is 0 Å². The van der Waals surface area contributed by atoms with Gasteiger partial charge in [0.15, 0.2) is 6.10 Å². The van der Waals surface area contributed by atoms with E-state index in [4.69, 9.17) is 9.47 Å². The molecule has 0 fully saturated rings. The third-order valence-electron chi connectivity index (χ3n) is 3.55. The Kier molecular flexibility index (Phi) is 6.94. The van der Waals surface area contributed by atoms with Crippen molar-refractivity contribution in [3.63, 3.8) is 0 Å². The maximum atomic E-state index is 12.3. The van der Waals surface area contributed by atoms with Crippen molar-refractivity contribution in [1.82, 2.24) is 4.31 Å². The summed E-state index contributed by atoms with van der Waals surface area (Å²) in [5.41, 5.74) is 0.515. The van der Waals surface area contributed by atoms with Gasteiger partial charge in [0, 0.05) is 12.7 Å². The summed E-state index contributed by atoms with van der Waals surface area (Å²) in [6, 6.07) is 9.70. The Hall–Kier alpha value is -2.43. The van der Waals surface area contributed by atoms with Gasteiger partial charge in [0.05, 0.1) is 7.11 Å². The van der Waals surface area contributed by atoms with Crippen molar-refractivity contribution in [3.8, 4) is 5.75 Å². The van der Waals surface area contributed by atoms with Crippen LogP contribution >= 0.6 is 11.3 Å². The Morgan fingerprint density at radius 2 is 1.89 bits per heavy atom. The molecular formula is C17H20N2O6S2. The highest BCUT2D eigenvalue weighted by molar-refractivity contribution is 7.91. The number of benzene rings is 1. The van der Waals surface area contributed by atoms with Crippen LogP contribution in [0, 0.1) is 0 Å². The standard InChI is InChI=1S/C17H20N2O6S2/c1-12(17(21)18-13-6-8-14(24-3)9-7-13)25-15(20)11-19(2)27(22,23)16-5-4-10-26-16/h4-10,12H,11H2,1-3H3,(H,18,21)/t12-/m0/s1. The van der Waals surface area contributed by atoms with Gasteiger partial charge in [-0.05, 0) is 42.6 Å². The van der Waals surface area contributed by atoms with Crippen molar-refractivity contribution >= 4 is 38.9 Å². The van der Waals surface area contributed by atoms with Crippen LogP contribution in [0.3, 0.4) is 0 Å². The van der Waals surface area contributed by atoms with Crippen LogP contribution in [0.5, 0.6) is 5.75 Å². The molecule has 0 saturated carbocycles. The number of ether oxygens (including phenoxy) is 2. The van der Waals surface area contributed by atoms with E-state index < -0.39 is 34.5 Å². The second kappa shape index (κ2) is 8.98. The Morgan fingerprint density at radius 1 is 1.22 bits per heavy atom. The molecule has 1 atom stereocenters. The second-order valence-corrected chi connectivity index (χ2v) is 8.76. The van der Waals surface area contributed by atoms with E-state index in [0.29, 0.717) is 11.4 Å². The fourth-order valence-corrected chi connectivity index (χ4v) is 4.35. The van der Waals surface area contributed by atoms with Crippen molar-refractivity contribution in [2.45, 2.75) is 17.2 Å². The molecular weight excluding hydrogens is 392 g/mol. The molecule has 146 valence electrons. The maximum absolute atomic E-state index is 12.3. The number of methoxy groups -OCH3 is 1. The first-order valence-corrected chi connectivity index (χ1v) is 10.2. The largest absolute Gasteiger partial charge is 0.497 e. The summed E-state index contributed by atoms with van der Waals surface area (Å²) in [5.74, 6) is -0.713.